The van der Waals surface area contributed by atoms with Gasteiger partial charge in [0.1, 0.15) is 0 Å². The third kappa shape index (κ3) is 2.94. The average Bonchev–Trinajstić information content (AvgIpc) is 3.18. The molecule has 2 aliphatic carbocycles. The van der Waals surface area contributed by atoms with Crippen molar-refractivity contribution in [2.45, 2.75) is 19.3 Å². The zero-order chi connectivity index (χ0) is 18.1. The predicted octanol–water partition coefficient (Wildman–Crippen LogP) is 3.66. The standard InChI is InChI=1S/C23H22O3/c24-14-23(15-25)12-20-9-8-19(11-21(20)22(26)13-23)18-7-6-17(10-18)16-4-2-1-3-5-16/h1-9,11,24-25H,10,12-15H2. The van der Waals surface area contributed by atoms with E-state index in [0.717, 1.165) is 23.1 Å². The van der Waals surface area contributed by atoms with Crippen molar-refractivity contribution in [1.29, 1.82) is 0 Å². The lowest BCUT2D eigenvalue weighted by Gasteiger charge is -2.34. The van der Waals surface area contributed by atoms with Crippen LogP contribution in [0.2, 0.25) is 0 Å². The second-order valence-corrected chi connectivity index (χ2v) is 7.39. The summed E-state index contributed by atoms with van der Waals surface area (Å²) in [5, 5.41) is 19.2. The molecule has 0 bridgehead atoms. The van der Waals surface area contributed by atoms with E-state index >= 15 is 0 Å². The summed E-state index contributed by atoms with van der Waals surface area (Å²) in [6.07, 6.45) is 5.86. The maximum absolute atomic E-state index is 12.6. The maximum Gasteiger partial charge on any atom is 0.163 e. The van der Waals surface area contributed by atoms with Gasteiger partial charge in [-0.2, -0.15) is 0 Å². The molecule has 26 heavy (non-hydrogen) atoms. The second kappa shape index (κ2) is 6.67. The molecule has 2 N–H and O–H groups in total. The lowest BCUT2D eigenvalue weighted by molar-refractivity contribution is 0.0387. The minimum Gasteiger partial charge on any atom is -0.396 e. The van der Waals surface area contributed by atoms with Crippen LogP contribution in [0.25, 0.3) is 11.1 Å². The van der Waals surface area contributed by atoms with Gasteiger partial charge >= 0.3 is 0 Å². The van der Waals surface area contributed by atoms with E-state index in [1.807, 2.05) is 36.4 Å². The van der Waals surface area contributed by atoms with E-state index in [4.69, 9.17) is 0 Å². The Balaban J connectivity index is 1.58. The van der Waals surface area contributed by atoms with Crippen molar-refractivity contribution in [1.82, 2.24) is 0 Å². The van der Waals surface area contributed by atoms with Gasteiger partial charge in [0.2, 0.25) is 0 Å². The highest BCUT2D eigenvalue weighted by atomic mass is 16.3. The van der Waals surface area contributed by atoms with Gasteiger partial charge < -0.3 is 10.2 Å². The molecule has 0 aliphatic heterocycles. The molecule has 3 heteroatoms. The van der Waals surface area contributed by atoms with E-state index < -0.39 is 5.41 Å². The molecule has 0 spiro atoms. The second-order valence-electron chi connectivity index (χ2n) is 7.39. The lowest BCUT2D eigenvalue weighted by Crippen LogP contribution is -2.38. The SMILES string of the molecule is O=C1CC(CO)(CO)Cc2ccc(C3=CC=C(c4ccccc4)C3)cc21. The predicted molar refractivity (Wildman–Crippen MR) is 103 cm³/mol. The zero-order valence-corrected chi connectivity index (χ0v) is 14.6. The Labute approximate surface area is 153 Å². The van der Waals surface area contributed by atoms with Crippen molar-refractivity contribution < 1.29 is 15.0 Å². The molecule has 0 unspecified atom stereocenters. The smallest absolute Gasteiger partial charge is 0.163 e. The fourth-order valence-corrected chi connectivity index (χ4v) is 3.94. The zero-order valence-electron chi connectivity index (χ0n) is 14.6. The Bertz CT molecular complexity index is 902. The number of carbonyl (C=O) groups is 1. The summed E-state index contributed by atoms with van der Waals surface area (Å²) in [6, 6.07) is 16.3. The molecule has 0 aromatic heterocycles. The Morgan fingerprint density at radius 1 is 0.846 bits per heavy atom. The number of hydrogen-bond donors (Lipinski definition) is 2. The normalized spacial score (nSPS) is 18.3. The largest absolute Gasteiger partial charge is 0.396 e. The number of allylic oxidation sites excluding steroid dienone is 4. The molecular formula is C23H22O3. The minimum absolute atomic E-state index is 0.00559. The van der Waals surface area contributed by atoms with Crippen LogP contribution in [0.5, 0.6) is 0 Å². The highest BCUT2D eigenvalue weighted by Crippen LogP contribution is 2.38. The number of hydrogen-bond acceptors (Lipinski definition) is 3. The molecule has 0 amide bonds. The Kier molecular flexibility index (Phi) is 4.35. The summed E-state index contributed by atoms with van der Waals surface area (Å²) in [4.78, 5) is 12.6. The van der Waals surface area contributed by atoms with Gasteiger partial charge in [-0.1, -0.05) is 54.6 Å². The quantitative estimate of drug-likeness (QED) is 0.888. The van der Waals surface area contributed by atoms with Crippen molar-refractivity contribution in [2.75, 3.05) is 13.2 Å². The van der Waals surface area contributed by atoms with Crippen LogP contribution in [0.3, 0.4) is 0 Å². The summed E-state index contributed by atoms with van der Waals surface area (Å²) in [5.74, 6) is 0.00559. The molecule has 3 nitrogen and oxygen atoms in total. The molecule has 0 saturated heterocycles. The number of fused-ring (bicyclic) bond motifs is 1. The van der Waals surface area contributed by atoms with Crippen molar-refractivity contribution in [3.63, 3.8) is 0 Å². The number of carbonyl (C=O) groups excluding carboxylic acids is 1. The van der Waals surface area contributed by atoms with Crippen LogP contribution in [0.15, 0.2) is 60.7 Å². The molecule has 0 radical (unpaired) electrons. The molecule has 0 saturated carbocycles. The number of aliphatic hydroxyl groups is 2. The van der Waals surface area contributed by atoms with Crippen molar-refractivity contribution in [3.8, 4) is 0 Å². The summed E-state index contributed by atoms with van der Waals surface area (Å²) >= 11 is 0. The van der Waals surface area contributed by atoms with Gasteiger partial charge in [0, 0.05) is 17.4 Å². The number of aliphatic hydroxyl groups excluding tert-OH is 2. The monoisotopic (exact) mass is 346 g/mol. The Morgan fingerprint density at radius 3 is 2.23 bits per heavy atom. The van der Waals surface area contributed by atoms with Gasteiger partial charge in [-0.25, -0.2) is 0 Å². The first-order chi connectivity index (χ1) is 12.6. The van der Waals surface area contributed by atoms with Gasteiger partial charge in [0.15, 0.2) is 5.78 Å². The summed E-state index contributed by atoms with van der Waals surface area (Å²) in [6.45, 7) is -0.349. The molecule has 0 heterocycles. The fourth-order valence-electron chi connectivity index (χ4n) is 3.94. The van der Waals surface area contributed by atoms with Gasteiger partial charge in [-0.05, 0) is 46.7 Å². The number of rotatable bonds is 4. The minimum atomic E-state index is -0.722. The van der Waals surface area contributed by atoms with Crippen LogP contribution in [0.1, 0.15) is 39.9 Å². The van der Waals surface area contributed by atoms with Gasteiger partial charge in [0.25, 0.3) is 0 Å². The first-order valence-corrected chi connectivity index (χ1v) is 8.97. The van der Waals surface area contributed by atoms with Crippen LogP contribution >= 0.6 is 0 Å². The van der Waals surface area contributed by atoms with E-state index in [9.17, 15) is 15.0 Å². The van der Waals surface area contributed by atoms with E-state index in [1.165, 1.54) is 16.7 Å². The molecule has 132 valence electrons. The molecule has 2 aromatic rings. The molecule has 2 aliphatic rings. The van der Waals surface area contributed by atoms with Gasteiger partial charge in [-0.15, -0.1) is 0 Å². The maximum atomic E-state index is 12.6. The van der Waals surface area contributed by atoms with Crippen LogP contribution in [0.4, 0.5) is 0 Å². The highest BCUT2D eigenvalue weighted by molar-refractivity contribution is 6.00. The van der Waals surface area contributed by atoms with E-state index in [2.05, 4.69) is 24.3 Å². The van der Waals surface area contributed by atoms with Crippen LogP contribution in [0, 0.1) is 5.41 Å². The van der Waals surface area contributed by atoms with Crippen LogP contribution in [-0.2, 0) is 6.42 Å². The number of Topliss-reactive ketones (excluding diaryl/α,β-unsaturated/α-hetero) is 1. The number of benzene rings is 2. The summed E-state index contributed by atoms with van der Waals surface area (Å²) in [7, 11) is 0. The fraction of sp³-hybridized carbons (Fsp3) is 0.261. The molecular weight excluding hydrogens is 324 g/mol. The first kappa shape index (κ1) is 17.0. The lowest BCUT2D eigenvalue weighted by atomic mass is 9.71. The topological polar surface area (TPSA) is 57.5 Å². The van der Waals surface area contributed by atoms with E-state index in [1.54, 1.807) is 0 Å². The third-order valence-electron chi connectivity index (χ3n) is 5.56. The van der Waals surface area contributed by atoms with Crippen molar-refractivity contribution in [2.24, 2.45) is 5.41 Å². The molecule has 0 fully saturated rings. The van der Waals surface area contributed by atoms with Crippen molar-refractivity contribution >= 4 is 16.9 Å². The van der Waals surface area contributed by atoms with Gasteiger partial charge in [-0.3, -0.25) is 4.79 Å². The van der Waals surface area contributed by atoms with Crippen LogP contribution in [-0.4, -0.2) is 29.2 Å². The van der Waals surface area contributed by atoms with Crippen LogP contribution < -0.4 is 0 Å². The molecule has 2 aromatic carbocycles. The summed E-state index contributed by atoms with van der Waals surface area (Å²) in [5.41, 5.74) is 5.71. The number of ketones is 1. The van der Waals surface area contributed by atoms with Crippen molar-refractivity contribution in [3.05, 3.63) is 82.9 Å². The highest BCUT2D eigenvalue weighted by Gasteiger charge is 2.37. The van der Waals surface area contributed by atoms with Gasteiger partial charge in [0.05, 0.1) is 13.2 Å². The van der Waals surface area contributed by atoms with E-state index in [0.29, 0.717) is 6.42 Å². The first-order valence-electron chi connectivity index (χ1n) is 8.97. The average molecular weight is 346 g/mol. The Hall–Kier alpha value is -2.49. The van der Waals surface area contributed by atoms with E-state index in [-0.39, 0.29) is 25.4 Å². The molecule has 0 atom stereocenters. The Morgan fingerprint density at radius 2 is 1.54 bits per heavy atom. The summed E-state index contributed by atoms with van der Waals surface area (Å²) < 4.78 is 0. The third-order valence-corrected chi connectivity index (χ3v) is 5.56. The molecule has 4 rings (SSSR count).